The zero-order chi connectivity index (χ0) is 19.4. The molecule has 1 aliphatic rings. The molecule has 6 nitrogen and oxygen atoms in total. The van der Waals surface area contributed by atoms with Crippen LogP contribution in [0.5, 0.6) is 23.0 Å². The minimum absolute atomic E-state index is 0.0356. The van der Waals surface area contributed by atoms with E-state index in [0.29, 0.717) is 42.6 Å². The van der Waals surface area contributed by atoms with Gasteiger partial charge in [-0.15, -0.1) is 0 Å². The molecule has 0 spiro atoms. The van der Waals surface area contributed by atoms with Crippen LogP contribution in [0, 0.1) is 0 Å². The highest BCUT2D eigenvalue weighted by Gasteiger charge is 2.29. The molecule has 6 heteroatoms. The van der Waals surface area contributed by atoms with E-state index in [1.54, 1.807) is 20.3 Å². The first-order chi connectivity index (χ1) is 13.1. The summed E-state index contributed by atoms with van der Waals surface area (Å²) in [5, 5.41) is 2.93. The summed E-state index contributed by atoms with van der Waals surface area (Å²) < 4.78 is 22.2. The first-order valence-electron chi connectivity index (χ1n) is 9.06. The van der Waals surface area contributed by atoms with Crippen LogP contribution in [0.15, 0.2) is 30.3 Å². The van der Waals surface area contributed by atoms with Gasteiger partial charge in [-0.25, -0.2) is 0 Å². The van der Waals surface area contributed by atoms with Crippen LogP contribution in [0.4, 0.5) is 5.69 Å². The minimum Gasteiger partial charge on any atom is -0.493 e. The van der Waals surface area contributed by atoms with Gasteiger partial charge in [-0.1, -0.05) is 6.07 Å². The molecule has 1 atom stereocenters. The molecule has 1 unspecified atom stereocenters. The zero-order valence-electron chi connectivity index (χ0n) is 16.1. The quantitative estimate of drug-likeness (QED) is 0.798. The van der Waals surface area contributed by atoms with Gasteiger partial charge in [-0.05, 0) is 43.2 Å². The van der Waals surface area contributed by atoms with Crippen molar-refractivity contribution in [3.05, 3.63) is 41.5 Å². The maximum Gasteiger partial charge on any atom is 0.225 e. The van der Waals surface area contributed by atoms with E-state index in [-0.39, 0.29) is 11.8 Å². The summed E-state index contributed by atoms with van der Waals surface area (Å²) in [6, 6.07) is 9.57. The van der Waals surface area contributed by atoms with Gasteiger partial charge < -0.3 is 24.3 Å². The minimum atomic E-state index is -0.108. The van der Waals surface area contributed by atoms with Crippen molar-refractivity contribution in [2.24, 2.45) is 0 Å². The van der Waals surface area contributed by atoms with Crippen molar-refractivity contribution in [2.45, 2.75) is 26.2 Å². The normalized spacial score (nSPS) is 15.6. The maximum absolute atomic E-state index is 12.3. The van der Waals surface area contributed by atoms with Gasteiger partial charge in [0.15, 0.2) is 23.0 Å². The first-order valence-corrected chi connectivity index (χ1v) is 9.06. The van der Waals surface area contributed by atoms with Crippen LogP contribution in [-0.2, 0) is 4.79 Å². The van der Waals surface area contributed by atoms with Crippen molar-refractivity contribution in [3.8, 4) is 23.0 Å². The number of carbonyl (C=O) groups is 1. The van der Waals surface area contributed by atoms with Crippen LogP contribution < -0.4 is 24.3 Å². The molecule has 1 heterocycles. The second-order valence-electron chi connectivity index (χ2n) is 6.17. The summed E-state index contributed by atoms with van der Waals surface area (Å²) in [4.78, 5) is 12.3. The van der Waals surface area contributed by atoms with Gasteiger partial charge >= 0.3 is 0 Å². The fourth-order valence-corrected chi connectivity index (χ4v) is 3.37. The molecular formula is C21H25NO5. The van der Waals surface area contributed by atoms with E-state index >= 15 is 0 Å². The third kappa shape index (κ3) is 3.79. The molecule has 2 aromatic carbocycles. The van der Waals surface area contributed by atoms with Gasteiger partial charge in [0.2, 0.25) is 5.91 Å². The predicted molar refractivity (Wildman–Crippen MR) is 103 cm³/mol. The Morgan fingerprint density at radius 1 is 0.926 bits per heavy atom. The number of anilines is 1. The zero-order valence-corrected chi connectivity index (χ0v) is 16.1. The van der Waals surface area contributed by atoms with Crippen molar-refractivity contribution in [1.29, 1.82) is 0 Å². The number of ether oxygens (including phenoxy) is 4. The fourth-order valence-electron chi connectivity index (χ4n) is 3.37. The smallest absolute Gasteiger partial charge is 0.225 e. The number of rotatable bonds is 7. The number of benzene rings is 2. The summed E-state index contributed by atoms with van der Waals surface area (Å²) in [6.45, 7) is 4.97. The second kappa shape index (κ2) is 8.20. The van der Waals surface area contributed by atoms with Crippen molar-refractivity contribution < 1.29 is 23.7 Å². The third-order valence-corrected chi connectivity index (χ3v) is 4.56. The van der Waals surface area contributed by atoms with Crippen LogP contribution in [0.1, 0.15) is 37.3 Å². The van der Waals surface area contributed by atoms with Crippen molar-refractivity contribution in [2.75, 3.05) is 32.8 Å². The largest absolute Gasteiger partial charge is 0.493 e. The lowest BCUT2D eigenvalue weighted by Crippen LogP contribution is -2.23. The van der Waals surface area contributed by atoms with Crippen LogP contribution in [0.3, 0.4) is 0 Å². The first kappa shape index (κ1) is 18.9. The summed E-state index contributed by atoms with van der Waals surface area (Å²) in [7, 11) is 3.18. The van der Waals surface area contributed by atoms with Gasteiger partial charge in [0.05, 0.1) is 27.4 Å². The maximum atomic E-state index is 12.3. The van der Waals surface area contributed by atoms with Gasteiger partial charge in [0, 0.05) is 24.1 Å². The van der Waals surface area contributed by atoms with Crippen LogP contribution in [0.2, 0.25) is 0 Å². The molecule has 0 aromatic heterocycles. The van der Waals surface area contributed by atoms with E-state index < -0.39 is 0 Å². The van der Waals surface area contributed by atoms with Crippen molar-refractivity contribution in [3.63, 3.8) is 0 Å². The Morgan fingerprint density at radius 3 is 2.26 bits per heavy atom. The Kier molecular flexibility index (Phi) is 5.74. The molecule has 0 aliphatic carbocycles. The number of methoxy groups -OCH3 is 2. The number of amides is 1. The molecule has 0 bridgehead atoms. The van der Waals surface area contributed by atoms with Gasteiger partial charge in [0.1, 0.15) is 0 Å². The Morgan fingerprint density at radius 2 is 1.59 bits per heavy atom. The number of hydrogen-bond acceptors (Lipinski definition) is 5. The van der Waals surface area contributed by atoms with E-state index in [4.69, 9.17) is 18.9 Å². The molecule has 0 fully saturated rings. The Bertz CT molecular complexity index is 834. The number of hydrogen-bond donors (Lipinski definition) is 1. The molecule has 27 heavy (non-hydrogen) atoms. The number of carbonyl (C=O) groups excluding carboxylic acids is 1. The van der Waals surface area contributed by atoms with Crippen LogP contribution >= 0.6 is 0 Å². The lowest BCUT2D eigenvalue weighted by atomic mass is 9.84. The summed E-state index contributed by atoms with van der Waals surface area (Å²) >= 11 is 0. The van der Waals surface area contributed by atoms with Crippen LogP contribution in [0.25, 0.3) is 0 Å². The molecule has 0 radical (unpaired) electrons. The summed E-state index contributed by atoms with van der Waals surface area (Å²) in [5.74, 6) is 2.46. The summed E-state index contributed by atoms with van der Waals surface area (Å²) in [5.41, 5.74) is 2.71. The molecule has 3 rings (SSSR count). The Hall–Kier alpha value is -2.89. The molecular weight excluding hydrogens is 346 g/mol. The van der Waals surface area contributed by atoms with Gasteiger partial charge in [-0.2, -0.15) is 0 Å². The lowest BCUT2D eigenvalue weighted by Gasteiger charge is -2.27. The lowest BCUT2D eigenvalue weighted by molar-refractivity contribution is -0.116. The average Bonchev–Trinajstić information content (AvgIpc) is 2.68. The average molecular weight is 371 g/mol. The summed E-state index contributed by atoms with van der Waals surface area (Å²) in [6.07, 6.45) is 0.349. The van der Waals surface area contributed by atoms with E-state index in [9.17, 15) is 4.79 Å². The molecule has 1 N–H and O–H groups in total. The van der Waals surface area contributed by atoms with Gasteiger partial charge in [-0.3, -0.25) is 4.79 Å². The van der Waals surface area contributed by atoms with Gasteiger partial charge in [0.25, 0.3) is 0 Å². The molecule has 1 amide bonds. The second-order valence-corrected chi connectivity index (χ2v) is 6.17. The number of nitrogens with one attached hydrogen (secondary N) is 1. The van der Waals surface area contributed by atoms with E-state index in [2.05, 4.69) is 5.32 Å². The van der Waals surface area contributed by atoms with E-state index in [0.717, 1.165) is 16.8 Å². The highest BCUT2D eigenvalue weighted by Crippen LogP contribution is 2.44. The molecule has 0 saturated heterocycles. The molecule has 144 valence electrons. The third-order valence-electron chi connectivity index (χ3n) is 4.56. The van der Waals surface area contributed by atoms with E-state index in [1.807, 2.05) is 38.1 Å². The predicted octanol–water partition coefficient (Wildman–Crippen LogP) is 3.98. The van der Waals surface area contributed by atoms with E-state index in [1.165, 1.54) is 0 Å². The topological polar surface area (TPSA) is 66.0 Å². The Labute approximate surface area is 159 Å². The highest BCUT2D eigenvalue weighted by molar-refractivity contribution is 5.96. The molecule has 1 aliphatic heterocycles. The SMILES string of the molecule is CCOc1ccc(C2CC(=O)Nc3cc(OC)c(OC)cc32)cc1OCC. The standard InChI is InChI=1S/C21H25NO5/c1-5-26-17-8-7-13(9-20(17)27-6-2)14-11-21(23)22-16-12-19(25-4)18(24-3)10-15(14)16/h7-10,12,14H,5-6,11H2,1-4H3,(H,22,23). The van der Waals surface area contributed by atoms with Crippen molar-refractivity contribution in [1.82, 2.24) is 0 Å². The van der Waals surface area contributed by atoms with Crippen molar-refractivity contribution >= 4 is 11.6 Å². The fraction of sp³-hybridized carbons (Fsp3) is 0.381. The number of fused-ring (bicyclic) bond motifs is 1. The Balaban J connectivity index is 2.07. The monoisotopic (exact) mass is 371 g/mol. The highest BCUT2D eigenvalue weighted by atomic mass is 16.5. The molecule has 0 saturated carbocycles. The molecule has 2 aromatic rings. The van der Waals surface area contributed by atoms with Crippen LogP contribution in [-0.4, -0.2) is 33.3 Å².